The molecule has 26 heavy (non-hydrogen) atoms. The van der Waals surface area contributed by atoms with E-state index in [1.165, 1.54) is 0 Å². The second-order valence-corrected chi connectivity index (χ2v) is 6.40. The van der Waals surface area contributed by atoms with Crippen LogP contribution in [0.4, 0.5) is 10.5 Å². The Labute approximate surface area is 154 Å². The maximum Gasteiger partial charge on any atom is 0.319 e. The lowest BCUT2D eigenvalue weighted by molar-refractivity contribution is 0.0911. The Bertz CT molecular complexity index is 739. The van der Waals surface area contributed by atoms with Gasteiger partial charge in [0.1, 0.15) is 0 Å². The first-order valence-corrected chi connectivity index (χ1v) is 8.42. The lowest BCUT2D eigenvalue weighted by Gasteiger charge is -2.26. The zero-order valence-electron chi connectivity index (χ0n) is 15.0. The zero-order chi connectivity index (χ0) is 18.9. The number of nitriles is 1. The monoisotopic (exact) mass is 352 g/mol. The molecule has 0 saturated heterocycles. The smallest absolute Gasteiger partial charge is 0.319 e. The van der Waals surface area contributed by atoms with Gasteiger partial charge in [-0.15, -0.1) is 0 Å². The molecule has 0 aromatic heterocycles. The Balaban J connectivity index is 1.95. The van der Waals surface area contributed by atoms with Gasteiger partial charge < -0.3 is 20.6 Å². The molecule has 0 bridgehead atoms. The highest BCUT2D eigenvalue weighted by Crippen LogP contribution is 2.22. The molecule has 6 heteroatoms. The summed E-state index contributed by atoms with van der Waals surface area (Å²) in [5, 5.41) is 25.0. The standard InChI is InChI=1S/C20H24N4O2/c1-24(2)14-17(19(25)16-6-4-3-5-7-16)13-22-20(26)23-18-10-8-15(12-21)9-11-18/h3-11,17,19,25H,13-14H2,1-2H3,(H2,22,23,26)/t17-,19-/m1/s1. The summed E-state index contributed by atoms with van der Waals surface area (Å²) in [6, 6.07) is 17.8. The number of carbonyl (C=O) groups excluding carboxylic acids is 1. The van der Waals surface area contributed by atoms with Crippen LogP contribution in [0, 0.1) is 17.2 Å². The molecule has 2 atom stereocenters. The predicted molar refractivity (Wildman–Crippen MR) is 102 cm³/mol. The van der Waals surface area contributed by atoms with E-state index in [9.17, 15) is 9.90 Å². The molecule has 0 heterocycles. The molecule has 0 spiro atoms. The summed E-state index contributed by atoms with van der Waals surface area (Å²) in [6.45, 7) is 0.962. The maximum absolute atomic E-state index is 12.1. The van der Waals surface area contributed by atoms with Gasteiger partial charge in [-0.3, -0.25) is 0 Å². The van der Waals surface area contributed by atoms with Crippen LogP contribution in [0.5, 0.6) is 0 Å². The molecule has 2 aromatic carbocycles. The lowest BCUT2D eigenvalue weighted by atomic mass is 9.95. The van der Waals surface area contributed by atoms with Crippen LogP contribution in [-0.4, -0.2) is 43.2 Å². The fourth-order valence-corrected chi connectivity index (χ4v) is 2.69. The van der Waals surface area contributed by atoms with Gasteiger partial charge in [-0.05, 0) is 43.9 Å². The number of aliphatic hydroxyl groups is 1. The molecule has 0 fully saturated rings. The summed E-state index contributed by atoms with van der Waals surface area (Å²) < 4.78 is 0. The SMILES string of the molecule is CN(C)C[C@@H](CNC(=O)Nc1ccc(C#N)cc1)[C@H](O)c1ccccc1. The van der Waals surface area contributed by atoms with Crippen molar-refractivity contribution in [3.63, 3.8) is 0 Å². The third kappa shape index (κ3) is 5.88. The third-order valence-corrected chi connectivity index (χ3v) is 3.98. The highest BCUT2D eigenvalue weighted by molar-refractivity contribution is 5.89. The number of benzene rings is 2. The zero-order valence-corrected chi connectivity index (χ0v) is 15.0. The van der Waals surface area contributed by atoms with Crippen LogP contribution >= 0.6 is 0 Å². The van der Waals surface area contributed by atoms with E-state index in [4.69, 9.17) is 5.26 Å². The number of amides is 2. The first kappa shape index (κ1) is 19.4. The fraction of sp³-hybridized carbons (Fsp3) is 0.300. The van der Waals surface area contributed by atoms with E-state index in [1.54, 1.807) is 24.3 Å². The number of urea groups is 1. The Morgan fingerprint density at radius 2 is 1.81 bits per heavy atom. The van der Waals surface area contributed by atoms with E-state index in [0.29, 0.717) is 24.3 Å². The van der Waals surface area contributed by atoms with Crippen LogP contribution in [0.3, 0.4) is 0 Å². The Hall–Kier alpha value is -2.88. The topological polar surface area (TPSA) is 88.4 Å². The number of hydrogen-bond donors (Lipinski definition) is 3. The molecule has 2 amide bonds. The summed E-state index contributed by atoms with van der Waals surface area (Å²) >= 11 is 0. The molecule has 136 valence electrons. The third-order valence-electron chi connectivity index (χ3n) is 3.98. The quantitative estimate of drug-likeness (QED) is 0.715. The van der Waals surface area contributed by atoms with Crippen LogP contribution in [0.1, 0.15) is 17.2 Å². The number of anilines is 1. The summed E-state index contributed by atoms with van der Waals surface area (Å²) in [5.74, 6) is -0.154. The van der Waals surface area contributed by atoms with E-state index in [-0.39, 0.29) is 11.9 Å². The average molecular weight is 352 g/mol. The van der Waals surface area contributed by atoms with Crippen molar-refractivity contribution in [3.05, 3.63) is 65.7 Å². The number of aliphatic hydroxyl groups excluding tert-OH is 1. The van der Waals surface area contributed by atoms with Crippen molar-refractivity contribution < 1.29 is 9.90 Å². The van der Waals surface area contributed by atoms with Crippen LogP contribution in [0.25, 0.3) is 0 Å². The van der Waals surface area contributed by atoms with Gasteiger partial charge in [0.05, 0.1) is 17.7 Å². The van der Waals surface area contributed by atoms with Crippen molar-refractivity contribution in [1.82, 2.24) is 10.2 Å². The van der Waals surface area contributed by atoms with Crippen molar-refractivity contribution in [2.75, 3.05) is 32.5 Å². The van der Waals surface area contributed by atoms with E-state index in [0.717, 1.165) is 5.56 Å². The molecule has 0 saturated carbocycles. The van der Waals surface area contributed by atoms with Gasteiger partial charge in [0, 0.05) is 24.7 Å². The van der Waals surface area contributed by atoms with E-state index in [2.05, 4.69) is 10.6 Å². The molecule has 0 aliphatic carbocycles. The second-order valence-electron chi connectivity index (χ2n) is 6.40. The summed E-state index contributed by atoms with van der Waals surface area (Å²) in [6.07, 6.45) is -0.672. The lowest BCUT2D eigenvalue weighted by Crippen LogP contribution is -2.39. The van der Waals surface area contributed by atoms with Gasteiger partial charge in [0.2, 0.25) is 0 Å². The maximum atomic E-state index is 12.1. The summed E-state index contributed by atoms with van der Waals surface area (Å²) in [5.41, 5.74) is 1.97. The van der Waals surface area contributed by atoms with Gasteiger partial charge in [0.25, 0.3) is 0 Å². The van der Waals surface area contributed by atoms with Gasteiger partial charge in [-0.25, -0.2) is 4.79 Å². The average Bonchev–Trinajstić information content (AvgIpc) is 2.65. The minimum atomic E-state index is -0.672. The van der Waals surface area contributed by atoms with Gasteiger partial charge in [-0.1, -0.05) is 30.3 Å². The molecule has 3 N–H and O–H groups in total. The van der Waals surface area contributed by atoms with Gasteiger partial charge in [-0.2, -0.15) is 5.26 Å². The molecule has 0 radical (unpaired) electrons. The van der Waals surface area contributed by atoms with Gasteiger partial charge in [0.15, 0.2) is 0 Å². The summed E-state index contributed by atoms with van der Waals surface area (Å²) in [7, 11) is 3.86. The first-order chi connectivity index (χ1) is 12.5. The van der Waals surface area contributed by atoms with E-state index >= 15 is 0 Å². The molecule has 0 unspecified atom stereocenters. The molecular weight excluding hydrogens is 328 g/mol. The molecule has 0 aliphatic heterocycles. The van der Waals surface area contributed by atoms with Crippen molar-refractivity contribution >= 4 is 11.7 Å². The van der Waals surface area contributed by atoms with E-state index < -0.39 is 6.10 Å². The second kappa shape index (κ2) is 9.56. The Kier molecular flexibility index (Phi) is 7.15. The fourth-order valence-electron chi connectivity index (χ4n) is 2.69. The molecular formula is C20H24N4O2. The minimum absolute atomic E-state index is 0.154. The molecule has 0 aliphatic rings. The number of nitrogens with one attached hydrogen (secondary N) is 2. The molecule has 6 nitrogen and oxygen atoms in total. The van der Waals surface area contributed by atoms with Crippen molar-refractivity contribution in [3.8, 4) is 6.07 Å². The Morgan fingerprint density at radius 3 is 2.38 bits per heavy atom. The number of nitrogens with zero attached hydrogens (tertiary/aromatic N) is 2. The summed E-state index contributed by atoms with van der Waals surface area (Å²) in [4.78, 5) is 14.1. The van der Waals surface area contributed by atoms with Crippen molar-refractivity contribution in [2.45, 2.75) is 6.10 Å². The number of rotatable bonds is 7. The van der Waals surface area contributed by atoms with Crippen LogP contribution in [0.15, 0.2) is 54.6 Å². The Morgan fingerprint density at radius 1 is 1.15 bits per heavy atom. The highest BCUT2D eigenvalue weighted by Gasteiger charge is 2.22. The van der Waals surface area contributed by atoms with Crippen LogP contribution in [-0.2, 0) is 0 Å². The van der Waals surface area contributed by atoms with Crippen LogP contribution < -0.4 is 10.6 Å². The largest absolute Gasteiger partial charge is 0.388 e. The molecule has 2 rings (SSSR count). The van der Waals surface area contributed by atoms with Crippen molar-refractivity contribution in [2.24, 2.45) is 5.92 Å². The number of carbonyl (C=O) groups is 1. The van der Waals surface area contributed by atoms with Gasteiger partial charge >= 0.3 is 6.03 Å². The van der Waals surface area contributed by atoms with Crippen LogP contribution in [0.2, 0.25) is 0 Å². The molecule has 2 aromatic rings. The van der Waals surface area contributed by atoms with E-state index in [1.807, 2.05) is 55.4 Å². The number of hydrogen-bond acceptors (Lipinski definition) is 4. The predicted octanol–water partition coefficient (Wildman–Crippen LogP) is 2.59. The first-order valence-electron chi connectivity index (χ1n) is 8.42. The highest BCUT2D eigenvalue weighted by atomic mass is 16.3. The minimum Gasteiger partial charge on any atom is -0.388 e. The van der Waals surface area contributed by atoms with Crippen molar-refractivity contribution in [1.29, 1.82) is 5.26 Å². The normalized spacial score (nSPS) is 12.9.